The molecule has 0 aliphatic carbocycles. The maximum Gasteiger partial charge on any atom is 0.260 e. The highest BCUT2D eigenvalue weighted by Crippen LogP contribution is 2.16. The second-order valence-corrected chi connectivity index (χ2v) is 4.16. The highest BCUT2D eigenvalue weighted by atomic mass is 19.1. The number of aromatic nitrogens is 3. The van der Waals surface area contributed by atoms with Crippen molar-refractivity contribution in [2.45, 2.75) is 19.4 Å². The van der Waals surface area contributed by atoms with Crippen LogP contribution >= 0.6 is 0 Å². The predicted molar refractivity (Wildman–Crippen MR) is 69.6 cm³/mol. The van der Waals surface area contributed by atoms with Gasteiger partial charge in [-0.25, -0.2) is 9.37 Å². The zero-order valence-electron chi connectivity index (χ0n) is 11.0. The molecular weight excluding hydrogens is 263 g/mol. The Hall–Kier alpha value is -2.44. The van der Waals surface area contributed by atoms with Crippen LogP contribution in [0.25, 0.3) is 0 Å². The summed E-state index contributed by atoms with van der Waals surface area (Å²) < 4.78 is 18.6. The summed E-state index contributed by atoms with van der Waals surface area (Å²) in [5.41, 5.74) is 0. The Morgan fingerprint density at radius 2 is 2.30 bits per heavy atom. The molecule has 6 nitrogen and oxygen atoms in total. The first-order chi connectivity index (χ1) is 9.66. The van der Waals surface area contributed by atoms with Gasteiger partial charge >= 0.3 is 0 Å². The third kappa shape index (κ3) is 3.78. The summed E-state index contributed by atoms with van der Waals surface area (Å²) in [6.07, 6.45) is 1.17. The standard InChI is InChI=1S/C13H15FN4O2/c1-9(20-11-5-3-2-4-10(11)14)13(19)15-7-6-12-16-8-17-18-12/h2-5,8-9H,6-7H2,1H3,(H,15,19)(H,16,17,18). The van der Waals surface area contributed by atoms with E-state index in [0.717, 1.165) is 0 Å². The van der Waals surface area contributed by atoms with Crippen molar-refractivity contribution in [3.8, 4) is 5.75 Å². The molecule has 1 amide bonds. The molecule has 0 radical (unpaired) electrons. The van der Waals surface area contributed by atoms with Crippen molar-refractivity contribution in [2.75, 3.05) is 6.54 Å². The molecule has 1 unspecified atom stereocenters. The molecule has 1 aromatic carbocycles. The number of halogens is 1. The number of nitrogens with one attached hydrogen (secondary N) is 2. The van der Waals surface area contributed by atoms with Gasteiger partial charge in [0.15, 0.2) is 17.7 Å². The lowest BCUT2D eigenvalue weighted by Gasteiger charge is -2.14. The third-order valence-electron chi connectivity index (χ3n) is 2.64. The highest BCUT2D eigenvalue weighted by molar-refractivity contribution is 5.80. The predicted octanol–water partition coefficient (Wildman–Crippen LogP) is 1.07. The topological polar surface area (TPSA) is 79.9 Å². The van der Waals surface area contributed by atoms with Crippen LogP contribution in [0.3, 0.4) is 0 Å². The molecular formula is C13H15FN4O2. The van der Waals surface area contributed by atoms with Crippen LogP contribution in [0.5, 0.6) is 5.75 Å². The lowest BCUT2D eigenvalue weighted by atomic mass is 10.3. The van der Waals surface area contributed by atoms with Crippen molar-refractivity contribution in [3.05, 3.63) is 42.2 Å². The molecule has 0 saturated heterocycles. The molecule has 0 aliphatic rings. The summed E-state index contributed by atoms with van der Waals surface area (Å²) in [5.74, 6) is -0.0556. The van der Waals surface area contributed by atoms with E-state index in [9.17, 15) is 9.18 Å². The maximum atomic E-state index is 13.4. The van der Waals surface area contributed by atoms with E-state index in [4.69, 9.17) is 4.74 Å². The minimum atomic E-state index is -0.776. The van der Waals surface area contributed by atoms with Crippen LogP contribution in [-0.2, 0) is 11.2 Å². The number of hydrogen-bond acceptors (Lipinski definition) is 4. The molecule has 0 fully saturated rings. The number of rotatable bonds is 6. The average Bonchev–Trinajstić information content (AvgIpc) is 2.94. The fourth-order valence-corrected chi connectivity index (χ4v) is 1.58. The van der Waals surface area contributed by atoms with Crippen LogP contribution in [0.2, 0.25) is 0 Å². The van der Waals surface area contributed by atoms with E-state index in [1.54, 1.807) is 19.1 Å². The number of para-hydroxylation sites is 1. The third-order valence-corrected chi connectivity index (χ3v) is 2.64. The fourth-order valence-electron chi connectivity index (χ4n) is 1.58. The van der Waals surface area contributed by atoms with Gasteiger partial charge < -0.3 is 10.1 Å². The van der Waals surface area contributed by atoms with Crippen molar-refractivity contribution in [2.24, 2.45) is 0 Å². The number of amides is 1. The zero-order valence-corrected chi connectivity index (χ0v) is 11.0. The van der Waals surface area contributed by atoms with Crippen LogP contribution < -0.4 is 10.1 Å². The van der Waals surface area contributed by atoms with E-state index < -0.39 is 11.9 Å². The molecule has 1 aromatic heterocycles. The Bertz CT molecular complexity index is 559. The number of hydrogen-bond donors (Lipinski definition) is 2. The van der Waals surface area contributed by atoms with Crippen molar-refractivity contribution in [1.82, 2.24) is 20.5 Å². The largest absolute Gasteiger partial charge is 0.478 e. The molecule has 0 bridgehead atoms. The lowest BCUT2D eigenvalue weighted by molar-refractivity contribution is -0.127. The molecule has 0 spiro atoms. The van der Waals surface area contributed by atoms with Crippen LogP contribution in [0.15, 0.2) is 30.6 Å². The average molecular weight is 278 g/mol. The van der Waals surface area contributed by atoms with Crippen molar-refractivity contribution < 1.29 is 13.9 Å². The fraction of sp³-hybridized carbons (Fsp3) is 0.308. The van der Waals surface area contributed by atoms with Crippen molar-refractivity contribution >= 4 is 5.91 Å². The molecule has 2 rings (SSSR count). The minimum absolute atomic E-state index is 0.0605. The Morgan fingerprint density at radius 1 is 1.50 bits per heavy atom. The number of carbonyl (C=O) groups excluding carboxylic acids is 1. The maximum absolute atomic E-state index is 13.4. The number of aromatic amines is 1. The van der Waals surface area contributed by atoms with E-state index in [1.165, 1.54) is 18.5 Å². The Kier molecular flexibility index (Phi) is 4.65. The lowest BCUT2D eigenvalue weighted by Crippen LogP contribution is -2.37. The molecule has 106 valence electrons. The van der Waals surface area contributed by atoms with Crippen LogP contribution in [0, 0.1) is 5.82 Å². The Morgan fingerprint density at radius 3 is 3.00 bits per heavy atom. The van der Waals surface area contributed by atoms with Gasteiger partial charge in [0.25, 0.3) is 5.91 Å². The molecule has 2 N–H and O–H groups in total. The van der Waals surface area contributed by atoms with Gasteiger partial charge in [0.2, 0.25) is 0 Å². The molecule has 0 saturated carbocycles. The highest BCUT2D eigenvalue weighted by Gasteiger charge is 2.15. The number of nitrogens with zero attached hydrogens (tertiary/aromatic N) is 2. The molecule has 1 atom stereocenters. The minimum Gasteiger partial charge on any atom is -0.478 e. The van der Waals surface area contributed by atoms with E-state index in [1.807, 2.05) is 0 Å². The summed E-state index contributed by atoms with van der Waals surface area (Å²) in [5, 5.41) is 9.09. The molecule has 20 heavy (non-hydrogen) atoms. The second-order valence-electron chi connectivity index (χ2n) is 4.16. The van der Waals surface area contributed by atoms with Crippen molar-refractivity contribution in [1.29, 1.82) is 0 Å². The Labute approximate surface area is 115 Å². The van der Waals surface area contributed by atoms with Gasteiger partial charge in [-0.15, -0.1) is 0 Å². The molecule has 0 aliphatic heterocycles. The normalized spacial score (nSPS) is 11.9. The zero-order chi connectivity index (χ0) is 14.4. The van der Waals surface area contributed by atoms with Crippen LogP contribution in [0.1, 0.15) is 12.7 Å². The summed E-state index contributed by atoms with van der Waals surface area (Å²) in [6, 6.07) is 5.97. The van der Waals surface area contributed by atoms with Gasteiger partial charge in [0.1, 0.15) is 12.2 Å². The summed E-state index contributed by atoms with van der Waals surface area (Å²) in [6.45, 7) is 1.97. The van der Waals surface area contributed by atoms with Crippen LogP contribution in [-0.4, -0.2) is 33.7 Å². The molecule has 1 heterocycles. The van der Waals surface area contributed by atoms with E-state index in [2.05, 4.69) is 20.5 Å². The molecule has 7 heteroatoms. The number of benzene rings is 1. The van der Waals surface area contributed by atoms with E-state index in [0.29, 0.717) is 18.8 Å². The van der Waals surface area contributed by atoms with Gasteiger partial charge in [0, 0.05) is 13.0 Å². The number of H-pyrrole nitrogens is 1. The smallest absolute Gasteiger partial charge is 0.260 e. The Balaban J connectivity index is 1.79. The second kappa shape index (κ2) is 6.65. The SMILES string of the molecule is CC(Oc1ccccc1F)C(=O)NCCc1ncn[nH]1. The quantitative estimate of drug-likeness (QED) is 0.828. The van der Waals surface area contributed by atoms with E-state index in [-0.39, 0.29) is 11.7 Å². The first-order valence-electron chi connectivity index (χ1n) is 6.20. The van der Waals surface area contributed by atoms with Crippen LogP contribution in [0.4, 0.5) is 4.39 Å². The molecule has 2 aromatic rings. The summed E-state index contributed by atoms with van der Waals surface area (Å²) in [7, 11) is 0. The number of ether oxygens (including phenoxy) is 1. The van der Waals surface area contributed by atoms with Gasteiger partial charge in [-0.05, 0) is 19.1 Å². The van der Waals surface area contributed by atoms with Gasteiger partial charge in [-0.1, -0.05) is 12.1 Å². The van der Waals surface area contributed by atoms with Gasteiger partial charge in [-0.2, -0.15) is 5.10 Å². The monoisotopic (exact) mass is 278 g/mol. The van der Waals surface area contributed by atoms with Crippen molar-refractivity contribution in [3.63, 3.8) is 0 Å². The number of carbonyl (C=O) groups is 1. The summed E-state index contributed by atoms with van der Waals surface area (Å²) in [4.78, 5) is 15.7. The van der Waals surface area contributed by atoms with Gasteiger partial charge in [-0.3, -0.25) is 9.89 Å². The van der Waals surface area contributed by atoms with Gasteiger partial charge in [0.05, 0.1) is 0 Å². The van der Waals surface area contributed by atoms with E-state index >= 15 is 0 Å². The first kappa shape index (κ1) is 14.0. The first-order valence-corrected chi connectivity index (χ1v) is 6.20. The summed E-state index contributed by atoms with van der Waals surface area (Å²) >= 11 is 0.